The standard InChI is InChI=1S/C12H22N4O/c1-3-16(2)11-14-10(17-15-11)12(9-13)7-5-4-6-8-12/h3-9,13H2,1-2H3. The minimum atomic E-state index is -0.0713. The molecule has 0 aliphatic heterocycles. The molecule has 0 amide bonds. The number of hydrogen-bond donors (Lipinski definition) is 1. The van der Waals surface area contributed by atoms with Gasteiger partial charge in [-0.05, 0) is 24.9 Å². The van der Waals surface area contributed by atoms with Crippen molar-refractivity contribution in [1.82, 2.24) is 10.1 Å². The van der Waals surface area contributed by atoms with Crippen LogP contribution in [-0.2, 0) is 5.41 Å². The Hall–Kier alpha value is -1.10. The summed E-state index contributed by atoms with van der Waals surface area (Å²) < 4.78 is 5.44. The van der Waals surface area contributed by atoms with E-state index in [1.165, 1.54) is 19.3 Å². The molecule has 1 fully saturated rings. The second-order valence-corrected chi connectivity index (χ2v) is 4.96. The fourth-order valence-electron chi connectivity index (χ4n) is 2.46. The van der Waals surface area contributed by atoms with Gasteiger partial charge in [-0.1, -0.05) is 19.3 Å². The highest BCUT2D eigenvalue weighted by Gasteiger charge is 2.38. The number of anilines is 1. The second-order valence-electron chi connectivity index (χ2n) is 4.96. The molecule has 2 N–H and O–H groups in total. The Kier molecular flexibility index (Phi) is 3.66. The van der Waals surface area contributed by atoms with Crippen molar-refractivity contribution in [2.45, 2.75) is 44.4 Å². The van der Waals surface area contributed by atoms with Gasteiger partial charge in [-0.3, -0.25) is 0 Å². The molecule has 2 rings (SSSR count). The monoisotopic (exact) mass is 238 g/mol. The smallest absolute Gasteiger partial charge is 0.265 e. The van der Waals surface area contributed by atoms with E-state index in [4.69, 9.17) is 10.3 Å². The van der Waals surface area contributed by atoms with Crippen LogP contribution in [0.3, 0.4) is 0 Å². The van der Waals surface area contributed by atoms with Crippen LogP contribution in [0.1, 0.15) is 44.9 Å². The zero-order chi connectivity index (χ0) is 12.3. The van der Waals surface area contributed by atoms with Crippen LogP contribution < -0.4 is 10.6 Å². The summed E-state index contributed by atoms with van der Waals surface area (Å²) in [5, 5.41) is 4.04. The van der Waals surface area contributed by atoms with E-state index in [0.717, 1.165) is 25.3 Å². The van der Waals surface area contributed by atoms with E-state index in [9.17, 15) is 0 Å². The Labute approximate surface area is 102 Å². The summed E-state index contributed by atoms with van der Waals surface area (Å²) in [5.41, 5.74) is 5.88. The molecule has 5 heteroatoms. The summed E-state index contributed by atoms with van der Waals surface area (Å²) in [5.74, 6) is 1.40. The van der Waals surface area contributed by atoms with Crippen LogP contribution in [0.2, 0.25) is 0 Å². The summed E-state index contributed by atoms with van der Waals surface area (Å²) in [6, 6.07) is 0. The molecule has 17 heavy (non-hydrogen) atoms. The largest absolute Gasteiger partial charge is 0.342 e. The van der Waals surface area contributed by atoms with Gasteiger partial charge >= 0.3 is 0 Å². The first-order valence-electron chi connectivity index (χ1n) is 6.47. The molecule has 1 aliphatic carbocycles. The van der Waals surface area contributed by atoms with Gasteiger partial charge in [0.05, 0.1) is 5.41 Å². The maximum atomic E-state index is 5.95. The molecule has 0 atom stereocenters. The van der Waals surface area contributed by atoms with Gasteiger partial charge in [0.25, 0.3) is 5.95 Å². The fourth-order valence-corrected chi connectivity index (χ4v) is 2.46. The molecule has 1 aliphatic rings. The van der Waals surface area contributed by atoms with E-state index >= 15 is 0 Å². The summed E-state index contributed by atoms with van der Waals surface area (Å²) in [7, 11) is 1.96. The minimum absolute atomic E-state index is 0.0713. The van der Waals surface area contributed by atoms with Crippen LogP contribution in [-0.4, -0.2) is 30.3 Å². The lowest BCUT2D eigenvalue weighted by molar-refractivity contribution is 0.220. The van der Waals surface area contributed by atoms with Gasteiger partial charge in [0.15, 0.2) is 0 Å². The summed E-state index contributed by atoms with van der Waals surface area (Å²) >= 11 is 0. The third-order valence-corrected chi connectivity index (χ3v) is 3.89. The van der Waals surface area contributed by atoms with E-state index < -0.39 is 0 Å². The highest BCUT2D eigenvalue weighted by atomic mass is 16.5. The zero-order valence-corrected chi connectivity index (χ0v) is 10.8. The summed E-state index contributed by atoms with van der Waals surface area (Å²) in [6.07, 6.45) is 5.84. The number of aromatic nitrogens is 2. The minimum Gasteiger partial charge on any atom is -0.342 e. The predicted molar refractivity (Wildman–Crippen MR) is 67.1 cm³/mol. The average Bonchev–Trinajstić information content (AvgIpc) is 2.88. The van der Waals surface area contributed by atoms with Gasteiger partial charge in [0.1, 0.15) is 0 Å². The third-order valence-electron chi connectivity index (χ3n) is 3.89. The Bertz CT molecular complexity index is 357. The van der Waals surface area contributed by atoms with Crippen molar-refractivity contribution in [2.24, 2.45) is 5.73 Å². The van der Waals surface area contributed by atoms with Gasteiger partial charge < -0.3 is 15.2 Å². The molecular formula is C12H22N4O. The molecule has 1 aromatic heterocycles. The van der Waals surface area contributed by atoms with Crippen LogP contribution in [0.25, 0.3) is 0 Å². The van der Waals surface area contributed by atoms with Crippen LogP contribution >= 0.6 is 0 Å². The molecule has 0 bridgehead atoms. The van der Waals surface area contributed by atoms with E-state index in [2.05, 4.69) is 17.1 Å². The van der Waals surface area contributed by atoms with Crippen molar-refractivity contribution >= 4 is 5.95 Å². The molecule has 5 nitrogen and oxygen atoms in total. The molecule has 0 unspecified atom stereocenters. The number of nitrogens with zero attached hydrogens (tertiary/aromatic N) is 3. The number of hydrogen-bond acceptors (Lipinski definition) is 5. The van der Waals surface area contributed by atoms with Crippen LogP contribution in [0.5, 0.6) is 0 Å². The van der Waals surface area contributed by atoms with Gasteiger partial charge in [-0.15, -0.1) is 0 Å². The zero-order valence-electron chi connectivity index (χ0n) is 10.8. The Morgan fingerprint density at radius 1 is 1.35 bits per heavy atom. The van der Waals surface area contributed by atoms with Gasteiger partial charge in [0, 0.05) is 20.1 Å². The molecule has 0 spiro atoms. The summed E-state index contributed by atoms with van der Waals surface area (Å²) in [4.78, 5) is 6.49. The van der Waals surface area contributed by atoms with Crippen molar-refractivity contribution < 1.29 is 4.52 Å². The van der Waals surface area contributed by atoms with Crippen molar-refractivity contribution in [3.63, 3.8) is 0 Å². The van der Waals surface area contributed by atoms with Gasteiger partial charge in [0.2, 0.25) is 5.89 Å². The topological polar surface area (TPSA) is 68.2 Å². The second kappa shape index (κ2) is 5.04. The normalized spacial score (nSPS) is 19.2. The first kappa shape index (κ1) is 12.4. The predicted octanol–water partition coefficient (Wildman–Crippen LogP) is 1.69. The third kappa shape index (κ3) is 2.29. The quantitative estimate of drug-likeness (QED) is 0.864. The molecule has 1 aromatic rings. The molecule has 1 heterocycles. The Morgan fingerprint density at radius 3 is 2.65 bits per heavy atom. The van der Waals surface area contributed by atoms with Crippen molar-refractivity contribution in [3.8, 4) is 0 Å². The number of nitrogens with two attached hydrogens (primary N) is 1. The number of rotatable bonds is 4. The first-order valence-corrected chi connectivity index (χ1v) is 6.47. The lowest BCUT2D eigenvalue weighted by Gasteiger charge is -2.32. The lowest BCUT2D eigenvalue weighted by atomic mass is 9.74. The molecule has 0 radical (unpaired) electrons. The van der Waals surface area contributed by atoms with Crippen LogP contribution in [0.4, 0.5) is 5.95 Å². The van der Waals surface area contributed by atoms with E-state index in [1.54, 1.807) is 0 Å². The molecule has 96 valence electrons. The van der Waals surface area contributed by atoms with E-state index in [1.807, 2.05) is 11.9 Å². The Morgan fingerprint density at radius 2 is 2.06 bits per heavy atom. The molecule has 0 aromatic carbocycles. The van der Waals surface area contributed by atoms with Crippen molar-refractivity contribution in [3.05, 3.63) is 5.89 Å². The maximum Gasteiger partial charge on any atom is 0.265 e. The molecule has 1 saturated carbocycles. The molecule has 0 saturated heterocycles. The van der Waals surface area contributed by atoms with Crippen LogP contribution in [0, 0.1) is 0 Å². The van der Waals surface area contributed by atoms with Gasteiger partial charge in [-0.2, -0.15) is 4.98 Å². The SMILES string of the molecule is CCN(C)c1noc(C2(CN)CCCCC2)n1. The summed E-state index contributed by atoms with van der Waals surface area (Å²) in [6.45, 7) is 3.54. The van der Waals surface area contributed by atoms with E-state index in [-0.39, 0.29) is 5.41 Å². The Balaban J connectivity index is 2.22. The van der Waals surface area contributed by atoms with Gasteiger partial charge in [-0.25, -0.2) is 0 Å². The van der Waals surface area contributed by atoms with E-state index in [0.29, 0.717) is 12.5 Å². The highest BCUT2D eigenvalue weighted by molar-refractivity contribution is 5.27. The molecular weight excluding hydrogens is 216 g/mol. The first-order chi connectivity index (χ1) is 8.22. The van der Waals surface area contributed by atoms with Crippen molar-refractivity contribution in [2.75, 3.05) is 25.0 Å². The van der Waals surface area contributed by atoms with Crippen LogP contribution in [0.15, 0.2) is 4.52 Å². The highest BCUT2D eigenvalue weighted by Crippen LogP contribution is 2.38. The van der Waals surface area contributed by atoms with Crippen molar-refractivity contribution in [1.29, 1.82) is 0 Å². The fraction of sp³-hybridized carbons (Fsp3) is 0.833. The maximum absolute atomic E-state index is 5.95. The lowest BCUT2D eigenvalue weighted by Crippen LogP contribution is -2.37. The average molecular weight is 238 g/mol.